The Morgan fingerprint density at radius 1 is 1.38 bits per heavy atom. The molecule has 2 unspecified atom stereocenters. The lowest BCUT2D eigenvalue weighted by atomic mass is 9.59. The van der Waals surface area contributed by atoms with Crippen molar-refractivity contribution in [1.82, 2.24) is 4.90 Å². The van der Waals surface area contributed by atoms with E-state index in [-0.39, 0.29) is 0 Å². The van der Waals surface area contributed by atoms with Gasteiger partial charge in [-0.2, -0.15) is 0 Å². The first-order valence-corrected chi connectivity index (χ1v) is 6.93. The summed E-state index contributed by atoms with van der Waals surface area (Å²) in [6.07, 6.45) is 2.75. The predicted molar refractivity (Wildman–Crippen MR) is 71.4 cm³/mol. The Labute approximate surface area is 102 Å². The molecule has 0 aromatic heterocycles. The molecule has 0 saturated heterocycles. The first-order valence-electron chi connectivity index (χ1n) is 6.93. The second-order valence-corrected chi connectivity index (χ2v) is 5.95. The SMILES string of the molecule is CCC1[C@@H](C(C(C)C)N(C)CCN)C[C@H]1C. The molecule has 1 rings (SSSR count). The van der Waals surface area contributed by atoms with E-state index >= 15 is 0 Å². The number of hydrogen-bond acceptors (Lipinski definition) is 2. The van der Waals surface area contributed by atoms with Crippen LogP contribution in [-0.2, 0) is 0 Å². The summed E-state index contributed by atoms with van der Waals surface area (Å²) in [4.78, 5) is 2.49. The Bertz CT molecular complexity index is 203. The summed E-state index contributed by atoms with van der Waals surface area (Å²) in [6, 6.07) is 0.727. The first kappa shape index (κ1) is 14.0. The summed E-state index contributed by atoms with van der Waals surface area (Å²) in [7, 11) is 2.24. The van der Waals surface area contributed by atoms with Crippen molar-refractivity contribution in [3.8, 4) is 0 Å². The van der Waals surface area contributed by atoms with Crippen LogP contribution < -0.4 is 5.73 Å². The minimum atomic E-state index is 0.727. The molecule has 1 saturated carbocycles. The molecular weight excluding hydrogens is 196 g/mol. The minimum absolute atomic E-state index is 0.727. The second-order valence-electron chi connectivity index (χ2n) is 5.95. The molecule has 0 amide bonds. The van der Waals surface area contributed by atoms with Gasteiger partial charge in [-0.3, -0.25) is 0 Å². The molecule has 2 N–H and O–H groups in total. The molecule has 96 valence electrons. The highest BCUT2D eigenvalue weighted by atomic mass is 15.1. The van der Waals surface area contributed by atoms with Crippen LogP contribution in [0.2, 0.25) is 0 Å². The summed E-state index contributed by atoms with van der Waals surface area (Å²) in [6.45, 7) is 11.3. The van der Waals surface area contributed by atoms with Crippen molar-refractivity contribution in [2.45, 2.75) is 46.6 Å². The van der Waals surface area contributed by atoms with E-state index in [1.165, 1.54) is 12.8 Å². The Hall–Kier alpha value is -0.0800. The second kappa shape index (κ2) is 6.02. The van der Waals surface area contributed by atoms with Gasteiger partial charge in [0.1, 0.15) is 0 Å². The monoisotopic (exact) mass is 226 g/mol. The van der Waals surface area contributed by atoms with Crippen molar-refractivity contribution >= 4 is 0 Å². The van der Waals surface area contributed by atoms with E-state index in [1.807, 2.05) is 0 Å². The predicted octanol–water partition coefficient (Wildman–Crippen LogP) is 2.58. The average Bonchev–Trinajstić information content (AvgIpc) is 2.17. The smallest absolute Gasteiger partial charge is 0.0147 e. The Morgan fingerprint density at radius 3 is 2.38 bits per heavy atom. The maximum Gasteiger partial charge on any atom is 0.0147 e. The normalized spacial score (nSPS) is 31.9. The minimum Gasteiger partial charge on any atom is -0.329 e. The van der Waals surface area contributed by atoms with Crippen molar-refractivity contribution in [1.29, 1.82) is 0 Å². The topological polar surface area (TPSA) is 29.3 Å². The van der Waals surface area contributed by atoms with E-state index in [0.717, 1.165) is 42.8 Å². The lowest BCUT2D eigenvalue weighted by Crippen LogP contribution is -2.52. The third-order valence-electron chi connectivity index (χ3n) is 4.51. The van der Waals surface area contributed by atoms with Crippen molar-refractivity contribution < 1.29 is 0 Å². The largest absolute Gasteiger partial charge is 0.329 e. The van der Waals surface area contributed by atoms with Gasteiger partial charge in [0.15, 0.2) is 0 Å². The van der Waals surface area contributed by atoms with Crippen LogP contribution in [0.5, 0.6) is 0 Å². The highest BCUT2D eigenvalue weighted by Crippen LogP contribution is 2.46. The van der Waals surface area contributed by atoms with Crippen LogP contribution in [0, 0.1) is 23.7 Å². The van der Waals surface area contributed by atoms with E-state index in [9.17, 15) is 0 Å². The van der Waals surface area contributed by atoms with Crippen LogP contribution in [0.3, 0.4) is 0 Å². The summed E-state index contributed by atoms with van der Waals surface area (Å²) in [5.74, 6) is 3.51. The lowest BCUT2D eigenvalue weighted by Gasteiger charge is -2.51. The Kier molecular flexibility index (Phi) is 5.26. The van der Waals surface area contributed by atoms with E-state index in [2.05, 4.69) is 39.6 Å². The van der Waals surface area contributed by atoms with Gasteiger partial charge in [0.05, 0.1) is 0 Å². The Morgan fingerprint density at radius 2 is 2.00 bits per heavy atom. The average molecular weight is 226 g/mol. The molecule has 2 nitrogen and oxygen atoms in total. The fourth-order valence-electron chi connectivity index (χ4n) is 3.79. The molecule has 2 heteroatoms. The number of hydrogen-bond donors (Lipinski definition) is 1. The Balaban J connectivity index is 2.64. The molecule has 16 heavy (non-hydrogen) atoms. The van der Waals surface area contributed by atoms with Crippen LogP contribution in [-0.4, -0.2) is 31.1 Å². The molecule has 0 heterocycles. The van der Waals surface area contributed by atoms with E-state index in [0.29, 0.717) is 0 Å². The molecule has 0 aromatic carbocycles. The van der Waals surface area contributed by atoms with Crippen molar-refractivity contribution in [2.24, 2.45) is 29.4 Å². The molecule has 1 fully saturated rings. The standard InChI is InChI=1S/C14H30N2/c1-6-12-11(4)9-13(12)14(10(2)3)16(5)8-7-15/h10-14H,6-9,15H2,1-5H3/t11-,12?,13+,14?/m1/s1. The molecular formula is C14H30N2. The zero-order valence-electron chi connectivity index (χ0n) is 11.7. The van der Waals surface area contributed by atoms with Crippen molar-refractivity contribution in [3.63, 3.8) is 0 Å². The van der Waals surface area contributed by atoms with Crippen LogP contribution in [0.25, 0.3) is 0 Å². The molecule has 0 bridgehead atoms. The first-order chi connectivity index (χ1) is 7.52. The summed E-state index contributed by atoms with van der Waals surface area (Å²) >= 11 is 0. The van der Waals surface area contributed by atoms with Crippen LogP contribution in [0.15, 0.2) is 0 Å². The molecule has 1 aliphatic rings. The van der Waals surface area contributed by atoms with Crippen molar-refractivity contribution in [3.05, 3.63) is 0 Å². The highest BCUT2D eigenvalue weighted by Gasteiger charge is 2.43. The van der Waals surface area contributed by atoms with Gasteiger partial charge in [0.2, 0.25) is 0 Å². The van der Waals surface area contributed by atoms with Gasteiger partial charge >= 0.3 is 0 Å². The van der Waals surface area contributed by atoms with Crippen LogP contribution in [0.4, 0.5) is 0 Å². The maximum absolute atomic E-state index is 5.68. The van der Waals surface area contributed by atoms with Gasteiger partial charge in [-0.25, -0.2) is 0 Å². The van der Waals surface area contributed by atoms with Crippen LogP contribution >= 0.6 is 0 Å². The molecule has 0 aromatic rings. The fourth-order valence-corrected chi connectivity index (χ4v) is 3.79. The fraction of sp³-hybridized carbons (Fsp3) is 1.00. The molecule has 0 spiro atoms. The molecule has 0 radical (unpaired) electrons. The van der Waals surface area contributed by atoms with Gasteiger partial charge in [0.25, 0.3) is 0 Å². The van der Waals surface area contributed by atoms with E-state index in [4.69, 9.17) is 5.73 Å². The van der Waals surface area contributed by atoms with Crippen molar-refractivity contribution in [2.75, 3.05) is 20.1 Å². The van der Waals surface area contributed by atoms with E-state index in [1.54, 1.807) is 0 Å². The number of nitrogens with zero attached hydrogens (tertiary/aromatic N) is 1. The molecule has 0 aliphatic heterocycles. The summed E-state index contributed by atoms with van der Waals surface area (Å²) < 4.78 is 0. The lowest BCUT2D eigenvalue weighted by molar-refractivity contribution is -0.0130. The van der Waals surface area contributed by atoms with Gasteiger partial charge in [0, 0.05) is 19.1 Å². The third kappa shape index (κ3) is 2.78. The summed E-state index contributed by atoms with van der Waals surface area (Å²) in [5, 5.41) is 0. The molecule has 4 atom stereocenters. The number of nitrogens with two attached hydrogens (primary N) is 1. The van der Waals surface area contributed by atoms with E-state index < -0.39 is 0 Å². The third-order valence-corrected chi connectivity index (χ3v) is 4.51. The van der Waals surface area contributed by atoms with Crippen LogP contribution in [0.1, 0.15) is 40.5 Å². The van der Waals surface area contributed by atoms with Gasteiger partial charge in [-0.15, -0.1) is 0 Å². The highest BCUT2D eigenvalue weighted by molar-refractivity contribution is 4.94. The zero-order valence-corrected chi connectivity index (χ0v) is 11.7. The number of rotatable bonds is 6. The quantitative estimate of drug-likeness (QED) is 0.754. The van der Waals surface area contributed by atoms with Gasteiger partial charge in [-0.1, -0.05) is 34.1 Å². The summed E-state index contributed by atoms with van der Waals surface area (Å²) in [5.41, 5.74) is 5.68. The number of likely N-dealkylation sites (N-methyl/N-ethyl adjacent to an activating group) is 1. The molecule has 1 aliphatic carbocycles. The maximum atomic E-state index is 5.68. The van der Waals surface area contributed by atoms with Gasteiger partial charge in [-0.05, 0) is 37.1 Å². The van der Waals surface area contributed by atoms with Gasteiger partial charge < -0.3 is 10.6 Å². The zero-order chi connectivity index (χ0) is 12.3.